The second kappa shape index (κ2) is 10.3. The highest BCUT2D eigenvalue weighted by Crippen LogP contribution is 2.24. The summed E-state index contributed by atoms with van der Waals surface area (Å²) in [4.78, 5) is 25.2. The Kier molecular flexibility index (Phi) is 7.24. The minimum absolute atomic E-state index is 0.169. The Hall–Kier alpha value is -3.57. The molecule has 3 aromatic rings. The Morgan fingerprint density at radius 3 is 2.30 bits per heavy atom. The van der Waals surface area contributed by atoms with E-state index in [9.17, 15) is 9.59 Å². The number of ether oxygens (including phenoxy) is 1. The van der Waals surface area contributed by atoms with Crippen LogP contribution in [0.15, 0.2) is 78.9 Å². The van der Waals surface area contributed by atoms with Crippen LogP contribution in [0.25, 0.3) is 11.6 Å². The summed E-state index contributed by atoms with van der Waals surface area (Å²) in [6.45, 7) is -0.169. The molecule has 2 N–H and O–H groups in total. The molecule has 0 spiro atoms. The predicted molar refractivity (Wildman–Crippen MR) is 120 cm³/mol. The number of halogens is 1. The standard InChI is InChI=1S/C24H21ClN2O3/c1-30-22-10-6-5-9-18(22)15-21(17-7-3-2-4-8-17)24(29)26-16-23(28)27-20-13-11-19(25)12-14-20/h2-15H,16H2,1H3,(H,26,29)(H,27,28)/b21-15+. The van der Waals surface area contributed by atoms with E-state index in [2.05, 4.69) is 10.6 Å². The third-order valence-electron chi connectivity index (χ3n) is 4.31. The van der Waals surface area contributed by atoms with Crippen molar-refractivity contribution in [3.8, 4) is 5.75 Å². The summed E-state index contributed by atoms with van der Waals surface area (Å²) < 4.78 is 5.38. The lowest BCUT2D eigenvalue weighted by molar-refractivity contribution is -0.120. The van der Waals surface area contributed by atoms with E-state index in [1.54, 1.807) is 37.5 Å². The number of rotatable bonds is 7. The average Bonchev–Trinajstić information content (AvgIpc) is 2.78. The molecule has 0 aromatic heterocycles. The molecule has 2 amide bonds. The number of anilines is 1. The summed E-state index contributed by atoms with van der Waals surface area (Å²) >= 11 is 5.85. The van der Waals surface area contributed by atoms with Gasteiger partial charge in [-0.15, -0.1) is 0 Å². The second-order valence-corrected chi connectivity index (χ2v) is 6.84. The summed E-state index contributed by atoms with van der Waals surface area (Å²) in [6, 6.07) is 23.4. The molecule has 0 unspecified atom stereocenters. The third kappa shape index (κ3) is 5.72. The van der Waals surface area contributed by atoms with Crippen LogP contribution in [0, 0.1) is 0 Å². The van der Waals surface area contributed by atoms with E-state index in [1.165, 1.54) is 0 Å². The lowest BCUT2D eigenvalue weighted by Gasteiger charge is -2.11. The molecule has 0 heterocycles. The monoisotopic (exact) mass is 420 g/mol. The fourth-order valence-electron chi connectivity index (χ4n) is 2.83. The maximum Gasteiger partial charge on any atom is 0.252 e. The van der Waals surface area contributed by atoms with Crippen LogP contribution in [0.5, 0.6) is 5.75 Å². The average molecular weight is 421 g/mol. The minimum atomic E-state index is -0.363. The summed E-state index contributed by atoms with van der Waals surface area (Å²) in [5.41, 5.74) is 2.53. The van der Waals surface area contributed by atoms with Crippen LogP contribution < -0.4 is 15.4 Å². The van der Waals surface area contributed by atoms with E-state index < -0.39 is 0 Å². The van der Waals surface area contributed by atoms with Gasteiger partial charge < -0.3 is 15.4 Å². The number of methoxy groups -OCH3 is 1. The highest BCUT2D eigenvalue weighted by Gasteiger charge is 2.14. The van der Waals surface area contributed by atoms with Gasteiger partial charge in [0.15, 0.2) is 0 Å². The van der Waals surface area contributed by atoms with Crippen LogP contribution in [0.2, 0.25) is 5.02 Å². The molecule has 0 atom stereocenters. The molecule has 0 fully saturated rings. The quantitative estimate of drug-likeness (QED) is 0.432. The van der Waals surface area contributed by atoms with Crippen molar-refractivity contribution in [1.82, 2.24) is 5.32 Å². The molecule has 0 aliphatic rings. The lowest BCUT2D eigenvalue weighted by Crippen LogP contribution is -2.33. The maximum atomic E-state index is 12.9. The van der Waals surface area contributed by atoms with Crippen molar-refractivity contribution in [1.29, 1.82) is 0 Å². The van der Waals surface area contributed by atoms with Crippen molar-refractivity contribution in [3.05, 3.63) is 95.0 Å². The molecule has 0 aliphatic carbocycles. The third-order valence-corrected chi connectivity index (χ3v) is 4.56. The van der Waals surface area contributed by atoms with Crippen molar-refractivity contribution in [2.75, 3.05) is 19.0 Å². The van der Waals surface area contributed by atoms with Gasteiger partial charge in [-0.1, -0.05) is 60.1 Å². The van der Waals surface area contributed by atoms with E-state index in [4.69, 9.17) is 16.3 Å². The molecule has 0 saturated carbocycles. The van der Waals surface area contributed by atoms with E-state index in [0.29, 0.717) is 22.0 Å². The zero-order valence-corrected chi connectivity index (χ0v) is 17.1. The fraction of sp³-hybridized carbons (Fsp3) is 0.0833. The Bertz CT molecular complexity index is 1050. The number of carbonyl (C=O) groups excluding carboxylic acids is 2. The predicted octanol–water partition coefficient (Wildman–Crippen LogP) is 4.64. The number of carbonyl (C=O) groups is 2. The van der Waals surface area contributed by atoms with E-state index in [0.717, 1.165) is 11.1 Å². The topological polar surface area (TPSA) is 67.4 Å². The van der Waals surface area contributed by atoms with Crippen molar-refractivity contribution in [2.45, 2.75) is 0 Å². The molecule has 3 rings (SSSR count). The molecule has 5 nitrogen and oxygen atoms in total. The van der Waals surface area contributed by atoms with Crippen molar-refractivity contribution in [3.63, 3.8) is 0 Å². The van der Waals surface area contributed by atoms with Gasteiger partial charge in [-0.2, -0.15) is 0 Å². The highest BCUT2D eigenvalue weighted by molar-refractivity contribution is 6.30. The van der Waals surface area contributed by atoms with Gasteiger partial charge in [-0.25, -0.2) is 0 Å². The molecule has 152 valence electrons. The summed E-state index contributed by atoms with van der Waals surface area (Å²) in [5.74, 6) is -0.0482. The number of amides is 2. The van der Waals surface area contributed by atoms with E-state index >= 15 is 0 Å². The minimum Gasteiger partial charge on any atom is -0.496 e. The summed E-state index contributed by atoms with van der Waals surface area (Å²) in [7, 11) is 1.58. The van der Waals surface area contributed by atoms with Crippen molar-refractivity contribution < 1.29 is 14.3 Å². The molecular weight excluding hydrogens is 400 g/mol. The first-order valence-corrected chi connectivity index (χ1v) is 9.68. The Balaban J connectivity index is 1.76. The van der Waals surface area contributed by atoms with E-state index in [1.807, 2.05) is 54.6 Å². The molecular formula is C24H21ClN2O3. The molecule has 0 aliphatic heterocycles. The molecule has 3 aromatic carbocycles. The first-order chi connectivity index (χ1) is 14.6. The number of hydrogen-bond donors (Lipinski definition) is 2. The van der Waals surface area contributed by atoms with Gasteiger partial charge in [0.05, 0.1) is 13.7 Å². The molecule has 6 heteroatoms. The molecule has 0 radical (unpaired) electrons. The summed E-state index contributed by atoms with van der Waals surface area (Å²) in [5, 5.41) is 5.98. The first-order valence-electron chi connectivity index (χ1n) is 9.30. The van der Waals surface area contributed by atoms with Gasteiger partial charge in [0, 0.05) is 21.8 Å². The molecule has 30 heavy (non-hydrogen) atoms. The maximum absolute atomic E-state index is 12.9. The smallest absolute Gasteiger partial charge is 0.252 e. The fourth-order valence-corrected chi connectivity index (χ4v) is 2.96. The van der Waals surface area contributed by atoms with Gasteiger partial charge in [-0.05, 0) is 42.0 Å². The van der Waals surface area contributed by atoms with Crippen molar-refractivity contribution >= 4 is 40.8 Å². The van der Waals surface area contributed by atoms with Crippen LogP contribution >= 0.6 is 11.6 Å². The van der Waals surface area contributed by atoms with E-state index in [-0.39, 0.29) is 18.4 Å². The zero-order chi connectivity index (χ0) is 21.3. The van der Waals surface area contributed by atoms with Gasteiger partial charge in [-0.3, -0.25) is 9.59 Å². The zero-order valence-electron chi connectivity index (χ0n) is 16.4. The van der Waals surface area contributed by atoms with Crippen molar-refractivity contribution in [2.24, 2.45) is 0 Å². The number of benzene rings is 3. The Morgan fingerprint density at radius 2 is 1.60 bits per heavy atom. The van der Waals surface area contributed by atoms with Crippen LogP contribution in [-0.2, 0) is 9.59 Å². The van der Waals surface area contributed by atoms with Crippen LogP contribution in [0.4, 0.5) is 5.69 Å². The highest BCUT2D eigenvalue weighted by atomic mass is 35.5. The SMILES string of the molecule is COc1ccccc1/C=C(/C(=O)NCC(=O)Nc1ccc(Cl)cc1)c1ccccc1. The Labute approximate surface area is 180 Å². The molecule has 0 saturated heterocycles. The molecule has 0 bridgehead atoms. The number of hydrogen-bond acceptors (Lipinski definition) is 3. The second-order valence-electron chi connectivity index (χ2n) is 6.40. The summed E-state index contributed by atoms with van der Waals surface area (Å²) in [6.07, 6.45) is 1.75. The van der Waals surface area contributed by atoms with Gasteiger partial charge >= 0.3 is 0 Å². The first kappa shape index (κ1) is 21.1. The van der Waals surface area contributed by atoms with Crippen LogP contribution in [0.3, 0.4) is 0 Å². The van der Waals surface area contributed by atoms with Crippen LogP contribution in [0.1, 0.15) is 11.1 Å². The van der Waals surface area contributed by atoms with Gasteiger partial charge in [0.1, 0.15) is 5.75 Å². The normalized spacial score (nSPS) is 10.9. The Morgan fingerprint density at radius 1 is 0.933 bits per heavy atom. The largest absolute Gasteiger partial charge is 0.496 e. The van der Waals surface area contributed by atoms with Gasteiger partial charge in [0.25, 0.3) is 5.91 Å². The number of para-hydroxylation sites is 1. The lowest BCUT2D eigenvalue weighted by atomic mass is 10.0. The van der Waals surface area contributed by atoms with Gasteiger partial charge in [0.2, 0.25) is 5.91 Å². The van der Waals surface area contributed by atoms with Crippen LogP contribution in [-0.4, -0.2) is 25.5 Å². The number of nitrogens with one attached hydrogen (secondary N) is 2.